The number of para-hydroxylation sites is 1. The van der Waals surface area contributed by atoms with Gasteiger partial charge in [-0.3, -0.25) is 4.90 Å². The Kier molecular flexibility index (Phi) is 5.87. The normalized spacial score (nSPS) is 15.7. The van der Waals surface area contributed by atoms with Gasteiger partial charge >= 0.3 is 5.97 Å². The number of carbonyl (C=O) groups is 1. The third-order valence-corrected chi connectivity index (χ3v) is 3.64. The summed E-state index contributed by atoms with van der Waals surface area (Å²) < 4.78 is 10.8. The Morgan fingerprint density at radius 3 is 2.76 bits per heavy atom. The first-order valence-corrected chi connectivity index (χ1v) is 7.63. The van der Waals surface area contributed by atoms with Crippen LogP contribution in [0.25, 0.3) is 0 Å². The topological polar surface area (TPSA) is 64.8 Å². The van der Waals surface area contributed by atoms with Crippen molar-refractivity contribution >= 4 is 11.7 Å². The summed E-state index contributed by atoms with van der Waals surface area (Å²) in [6.07, 6.45) is 3.82. The number of nitrogens with zero attached hydrogens (tertiary/aromatic N) is 1. The summed E-state index contributed by atoms with van der Waals surface area (Å²) in [5, 5.41) is 0. The molecule has 1 aliphatic heterocycles. The molecule has 21 heavy (non-hydrogen) atoms. The van der Waals surface area contributed by atoms with Gasteiger partial charge in [-0.05, 0) is 45.0 Å². The fourth-order valence-corrected chi connectivity index (χ4v) is 2.55. The Hall–Kier alpha value is -1.75. The summed E-state index contributed by atoms with van der Waals surface area (Å²) in [5.41, 5.74) is 6.80. The minimum atomic E-state index is -0.391. The molecule has 1 saturated heterocycles. The van der Waals surface area contributed by atoms with Gasteiger partial charge in [0.1, 0.15) is 12.2 Å². The first kappa shape index (κ1) is 15.6. The number of anilines is 1. The number of likely N-dealkylation sites (tertiary alicyclic amines) is 1. The fourth-order valence-electron chi connectivity index (χ4n) is 2.55. The third-order valence-electron chi connectivity index (χ3n) is 3.64. The summed E-state index contributed by atoms with van der Waals surface area (Å²) in [7, 11) is 0. The van der Waals surface area contributed by atoms with Gasteiger partial charge in [-0.1, -0.05) is 12.5 Å². The molecule has 0 amide bonds. The number of esters is 1. The molecule has 0 spiro atoms. The Labute approximate surface area is 126 Å². The van der Waals surface area contributed by atoms with Crippen molar-refractivity contribution < 1.29 is 14.3 Å². The van der Waals surface area contributed by atoms with E-state index in [1.165, 1.54) is 19.3 Å². The Balaban J connectivity index is 1.96. The molecule has 2 N–H and O–H groups in total. The van der Waals surface area contributed by atoms with E-state index in [9.17, 15) is 4.79 Å². The molecule has 0 unspecified atom stereocenters. The molecule has 1 aliphatic rings. The molecule has 1 heterocycles. The zero-order valence-electron chi connectivity index (χ0n) is 12.6. The van der Waals surface area contributed by atoms with E-state index in [2.05, 4.69) is 4.90 Å². The smallest absolute Gasteiger partial charge is 0.341 e. The average Bonchev–Trinajstić information content (AvgIpc) is 2.50. The molecule has 5 heteroatoms. The summed E-state index contributed by atoms with van der Waals surface area (Å²) in [5.74, 6) is 0.0470. The lowest BCUT2D eigenvalue weighted by Gasteiger charge is -2.26. The van der Waals surface area contributed by atoms with Crippen LogP contribution in [-0.4, -0.2) is 43.7 Å². The molecule has 2 rings (SSSR count). The Bertz CT molecular complexity index is 471. The number of hydrogen-bond donors (Lipinski definition) is 1. The molecule has 1 aromatic rings. The van der Waals surface area contributed by atoms with Crippen molar-refractivity contribution in [1.82, 2.24) is 4.90 Å². The zero-order valence-corrected chi connectivity index (χ0v) is 12.6. The predicted octanol–water partition coefficient (Wildman–Crippen LogP) is 2.31. The van der Waals surface area contributed by atoms with Crippen molar-refractivity contribution in [1.29, 1.82) is 0 Å². The van der Waals surface area contributed by atoms with E-state index in [0.29, 0.717) is 30.2 Å². The molecule has 1 fully saturated rings. The zero-order chi connectivity index (χ0) is 15.1. The highest BCUT2D eigenvalue weighted by Gasteiger charge is 2.17. The van der Waals surface area contributed by atoms with Gasteiger partial charge in [0.25, 0.3) is 0 Å². The molecule has 0 bridgehead atoms. The summed E-state index contributed by atoms with van der Waals surface area (Å²) in [4.78, 5) is 14.3. The van der Waals surface area contributed by atoms with Crippen LogP contribution >= 0.6 is 0 Å². The lowest BCUT2D eigenvalue weighted by Crippen LogP contribution is -2.33. The van der Waals surface area contributed by atoms with Gasteiger partial charge in [0.2, 0.25) is 0 Å². The van der Waals surface area contributed by atoms with E-state index in [1.54, 1.807) is 25.1 Å². The van der Waals surface area contributed by atoms with E-state index in [4.69, 9.17) is 15.2 Å². The molecule has 5 nitrogen and oxygen atoms in total. The minimum Gasteiger partial charge on any atom is -0.489 e. The van der Waals surface area contributed by atoms with E-state index < -0.39 is 5.97 Å². The van der Waals surface area contributed by atoms with Crippen LogP contribution in [0.1, 0.15) is 36.5 Å². The number of nitrogens with two attached hydrogens (primary N) is 1. The molecule has 0 aromatic heterocycles. The van der Waals surface area contributed by atoms with Crippen molar-refractivity contribution in [2.24, 2.45) is 0 Å². The van der Waals surface area contributed by atoms with Gasteiger partial charge < -0.3 is 15.2 Å². The van der Waals surface area contributed by atoms with Gasteiger partial charge in [-0.25, -0.2) is 4.79 Å². The number of benzene rings is 1. The molecule has 116 valence electrons. The van der Waals surface area contributed by atoms with Crippen LogP contribution < -0.4 is 10.5 Å². The second-order valence-electron chi connectivity index (χ2n) is 5.20. The van der Waals surface area contributed by atoms with Crippen molar-refractivity contribution in [3.05, 3.63) is 23.8 Å². The fraction of sp³-hybridized carbons (Fsp3) is 0.562. The van der Waals surface area contributed by atoms with E-state index in [1.807, 2.05) is 0 Å². The van der Waals surface area contributed by atoms with Crippen molar-refractivity contribution in [2.45, 2.75) is 26.2 Å². The van der Waals surface area contributed by atoms with Crippen LogP contribution in [0.3, 0.4) is 0 Å². The highest BCUT2D eigenvalue weighted by molar-refractivity contribution is 5.94. The van der Waals surface area contributed by atoms with Crippen molar-refractivity contribution in [2.75, 3.05) is 38.6 Å². The number of piperidine rings is 1. The van der Waals surface area contributed by atoms with Crippen LogP contribution in [0.2, 0.25) is 0 Å². The minimum absolute atomic E-state index is 0.334. The predicted molar refractivity (Wildman–Crippen MR) is 82.6 cm³/mol. The summed E-state index contributed by atoms with van der Waals surface area (Å²) >= 11 is 0. The van der Waals surface area contributed by atoms with Crippen LogP contribution in [0.4, 0.5) is 5.69 Å². The highest BCUT2D eigenvalue weighted by atomic mass is 16.5. The van der Waals surface area contributed by atoms with Crippen LogP contribution in [-0.2, 0) is 4.74 Å². The lowest BCUT2D eigenvalue weighted by molar-refractivity contribution is 0.0521. The molecule has 1 aromatic carbocycles. The van der Waals surface area contributed by atoms with Crippen LogP contribution in [0, 0.1) is 0 Å². The maximum Gasteiger partial charge on any atom is 0.341 e. The second-order valence-corrected chi connectivity index (χ2v) is 5.20. The van der Waals surface area contributed by atoms with Crippen LogP contribution in [0.15, 0.2) is 18.2 Å². The SMILES string of the molecule is CCOC(=O)c1cccc(N)c1OCCN1CCCCC1. The van der Waals surface area contributed by atoms with E-state index in [-0.39, 0.29) is 0 Å². The number of hydrogen-bond acceptors (Lipinski definition) is 5. The van der Waals surface area contributed by atoms with Gasteiger partial charge in [0.15, 0.2) is 5.75 Å². The van der Waals surface area contributed by atoms with Gasteiger partial charge in [-0.2, -0.15) is 0 Å². The highest BCUT2D eigenvalue weighted by Crippen LogP contribution is 2.27. The van der Waals surface area contributed by atoms with Gasteiger partial charge in [0, 0.05) is 6.54 Å². The number of rotatable bonds is 6. The average molecular weight is 292 g/mol. The van der Waals surface area contributed by atoms with Crippen LogP contribution in [0.5, 0.6) is 5.75 Å². The molecule has 0 radical (unpaired) electrons. The quantitative estimate of drug-likeness (QED) is 0.644. The Morgan fingerprint density at radius 1 is 1.29 bits per heavy atom. The van der Waals surface area contributed by atoms with Crippen molar-refractivity contribution in [3.8, 4) is 5.75 Å². The molecule has 0 saturated carbocycles. The maximum absolute atomic E-state index is 11.9. The molecular weight excluding hydrogens is 268 g/mol. The largest absolute Gasteiger partial charge is 0.489 e. The number of carbonyl (C=O) groups excluding carboxylic acids is 1. The number of nitrogen functional groups attached to an aromatic ring is 1. The van der Waals surface area contributed by atoms with E-state index in [0.717, 1.165) is 19.6 Å². The first-order chi connectivity index (χ1) is 10.2. The monoisotopic (exact) mass is 292 g/mol. The standard InChI is InChI=1S/C16H24N2O3/c1-2-20-16(19)13-7-6-8-14(17)15(13)21-12-11-18-9-4-3-5-10-18/h6-8H,2-5,9-12,17H2,1H3. The van der Waals surface area contributed by atoms with Gasteiger partial charge in [-0.15, -0.1) is 0 Å². The molecule has 0 aliphatic carbocycles. The second kappa shape index (κ2) is 7.88. The van der Waals surface area contributed by atoms with Crippen molar-refractivity contribution in [3.63, 3.8) is 0 Å². The molecule has 0 atom stereocenters. The Morgan fingerprint density at radius 2 is 2.05 bits per heavy atom. The molecular formula is C16H24N2O3. The lowest BCUT2D eigenvalue weighted by atomic mass is 10.1. The third kappa shape index (κ3) is 4.36. The summed E-state index contributed by atoms with van der Waals surface area (Å²) in [6.45, 7) is 5.75. The first-order valence-electron chi connectivity index (χ1n) is 7.63. The van der Waals surface area contributed by atoms with E-state index >= 15 is 0 Å². The maximum atomic E-state index is 11.9. The summed E-state index contributed by atoms with van der Waals surface area (Å²) in [6, 6.07) is 5.16. The van der Waals surface area contributed by atoms with Gasteiger partial charge in [0.05, 0.1) is 12.3 Å². The number of ether oxygens (including phenoxy) is 2.